The van der Waals surface area contributed by atoms with Gasteiger partial charge in [0.1, 0.15) is 0 Å². The Balaban J connectivity index is 2.04. The Morgan fingerprint density at radius 1 is 1.07 bits per heavy atom. The van der Waals surface area contributed by atoms with Gasteiger partial charge < -0.3 is 15.5 Å². The second-order valence-corrected chi connectivity index (χ2v) is 9.16. The monoisotopic (exact) mass is 452 g/mol. The number of aliphatic hydroxyl groups excluding tert-OH is 1. The fourth-order valence-corrected chi connectivity index (χ4v) is 3.82. The highest BCUT2D eigenvalue weighted by Crippen LogP contribution is 2.24. The molecule has 2 rings (SSSR count). The van der Waals surface area contributed by atoms with Crippen LogP contribution in [0.4, 0.5) is 4.79 Å². The number of carbonyl (C=O) groups is 1. The minimum Gasteiger partial charge on any atom is -0.465 e. The van der Waals surface area contributed by atoms with Crippen LogP contribution >= 0.6 is 23.2 Å². The number of amides is 1. The van der Waals surface area contributed by atoms with Crippen LogP contribution < -0.4 is 5.32 Å². The zero-order valence-corrected chi connectivity index (χ0v) is 19.1. The normalized spacial score (nSPS) is 13.7. The minimum atomic E-state index is -1.04. The molecule has 0 aromatic heterocycles. The van der Waals surface area contributed by atoms with Crippen LogP contribution in [0.1, 0.15) is 31.9 Å². The highest BCUT2D eigenvalue weighted by molar-refractivity contribution is 6.42. The zero-order valence-electron chi connectivity index (χ0n) is 17.6. The molecule has 164 valence electrons. The van der Waals surface area contributed by atoms with Gasteiger partial charge in [-0.05, 0) is 63.4 Å². The van der Waals surface area contributed by atoms with E-state index in [9.17, 15) is 15.0 Å². The molecule has 0 spiro atoms. The standard InChI is InChI=1S/C23H30Cl2N2O3/c1-23(2,3)27(22(29)30)20(14-16-7-5-4-6-8-16)21(28)15-26-12-11-17-9-10-18(24)19(25)13-17/h4-10,13,20-21,26,28H,11-12,14-15H2,1-3H3,(H,29,30)/t20-,21+/m0/s1. The van der Waals surface area contributed by atoms with Crippen molar-refractivity contribution in [3.8, 4) is 0 Å². The average molecular weight is 453 g/mol. The minimum absolute atomic E-state index is 0.276. The molecule has 0 bridgehead atoms. The molecule has 2 aromatic rings. The van der Waals surface area contributed by atoms with Gasteiger partial charge in [-0.2, -0.15) is 0 Å². The lowest BCUT2D eigenvalue weighted by Gasteiger charge is -2.42. The number of hydrogen-bond acceptors (Lipinski definition) is 3. The van der Waals surface area contributed by atoms with E-state index in [1.807, 2.05) is 63.2 Å². The number of nitrogens with zero attached hydrogens (tertiary/aromatic N) is 1. The van der Waals surface area contributed by atoms with E-state index in [0.29, 0.717) is 23.0 Å². The Kier molecular flexibility index (Phi) is 8.98. The van der Waals surface area contributed by atoms with Gasteiger partial charge in [0.25, 0.3) is 0 Å². The van der Waals surface area contributed by atoms with Gasteiger partial charge in [0.15, 0.2) is 0 Å². The molecule has 3 N–H and O–H groups in total. The third-order valence-corrected chi connectivity index (χ3v) is 5.66. The molecule has 0 radical (unpaired) electrons. The van der Waals surface area contributed by atoms with Crippen molar-refractivity contribution in [2.45, 2.75) is 51.3 Å². The lowest BCUT2D eigenvalue weighted by Crippen LogP contribution is -2.58. The van der Waals surface area contributed by atoms with E-state index in [4.69, 9.17) is 23.2 Å². The molecular formula is C23H30Cl2N2O3. The van der Waals surface area contributed by atoms with Crippen molar-refractivity contribution in [3.63, 3.8) is 0 Å². The number of hydrogen-bond donors (Lipinski definition) is 3. The van der Waals surface area contributed by atoms with Crippen molar-refractivity contribution in [1.29, 1.82) is 0 Å². The van der Waals surface area contributed by atoms with Crippen LogP contribution in [0.5, 0.6) is 0 Å². The second kappa shape index (κ2) is 11.0. The van der Waals surface area contributed by atoms with Crippen molar-refractivity contribution < 1.29 is 15.0 Å². The van der Waals surface area contributed by atoms with E-state index in [1.54, 1.807) is 6.07 Å². The number of aliphatic hydroxyl groups is 1. The molecule has 5 nitrogen and oxygen atoms in total. The van der Waals surface area contributed by atoms with Crippen molar-refractivity contribution >= 4 is 29.3 Å². The first-order valence-electron chi connectivity index (χ1n) is 9.98. The van der Waals surface area contributed by atoms with Crippen LogP contribution in [0, 0.1) is 0 Å². The Morgan fingerprint density at radius 2 is 1.73 bits per heavy atom. The number of nitrogens with one attached hydrogen (secondary N) is 1. The molecule has 0 heterocycles. The summed E-state index contributed by atoms with van der Waals surface area (Å²) in [6.45, 7) is 6.41. The Morgan fingerprint density at radius 3 is 2.30 bits per heavy atom. The van der Waals surface area contributed by atoms with Gasteiger partial charge in [0, 0.05) is 12.1 Å². The summed E-state index contributed by atoms with van der Waals surface area (Å²) in [7, 11) is 0. The molecule has 30 heavy (non-hydrogen) atoms. The van der Waals surface area contributed by atoms with Crippen molar-refractivity contribution in [3.05, 3.63) is 69.7 Å². The Bertz CT molecular complexity index is 825. The molecule has 0 aliphatic heterocycles. The summed E-state index contributed by atoms with van der Waals surface area (Å²) in [6, 6.07) is 14.5. The predicted octanol–water partition coefficient (Wildman–Crippen LogP) is 4.88. The SMILES string of the molecule is CC(C)(C)N(C(=O)O)[C@@H](Cc1ccccc1)[C@H](O)CNCCc1ccc(Cl)c(Cl)c1. The van der Waals surface area contributed by atoms with Gasteiger partial charge in [-0.15, -0.1) is 0 Å². The Hall–Kier alpha value is -1.79. The smallest absolute Gasteiger partial charge is 0.408 e. The fraction of sp³-hybridized carbons (Fsp3) is 0.435. The third kappa shape index (κ3) is 7.17. The maximum Gasteiger partial charge on any atom is 0.408 e. The van der Waals surface area contributed by atoms with E-state index in [-0.39, 0.29) is 6.54 Å². The van der Waals surface area contributed by atoms with E-state index >= 15 is 0 Å². The van der Waals surface area contributed by atoms with Crippen LogP contribution in [0.15, 0.2) is 48.5 Å². The molecule has 0 fully saturated rings. The molecule has 0 saturated heterocycles. The lowest BCUT2D eigenvalue weighted by atomic mass is 9.94. The molecule has 2 aromatic carbocycles. The van der Waals surface area contributed by atoms with Crippen LogP contribution in [0.3, 0.4) is 0 Å². The first-order valence-corrected chi connectivity index (χ1v) is 10.7. The van der Waals surface area contributed by atoms with Crippen LogP contribution in [-0.4, -0.2) is 52.0 Å². The van der Waals surface area contributed by atoms with Crippen molar-refractivity contribution in [1.82, 2.24) is 10.2 Å². The number of carboxylic acid groups (broad SMARTS) is 1. The highest BCUT2D eigenvalue weighted by atomic mass is 35.5. The summed E-state index contributed by atoms with van der Waals surface area (Å²) in [5.74, 6) is 0. The molecule has 0 aliphatic carbocycles. The number of rotatable bonds is 9. The lowest BCUT2D eigenvalue weighted by molar-refractivity contribution is 0.00792. The zero-order chi connectivity index (χ0) is 22.3. The van der Waals surface area contributed by atoms with E-state index < -0.39 is 23.8 Å². The van der Waals surface area contributed by atoms with Gasteiger partial charge in [0.05, 0.1) is 22.2 Å². The quantitative estimate of drug-likeness (QED) is 0.474. The predicted molar refractivity (Wildman–Crippen MR) is 123 cm³/mol. The molecule has 1 amide bonds. The van der Waals surface area contributed by atoms with Crippen LogP contribution in [0.2, 0.25) is 10.0 Å². The summed E-state index contributed by atoms with van der Waals surface area (Å²) in [5, 5.41) is 25.0. The summed E-state index contributed by atoms with van der Waals surface area (Å²) in [6.07, 6.45) is -0.762. The van der Waals surface area contributed by atoms with Gasteiger partial charge in [0.2, 0.25) is 0 Å². The van der Waals surface area contributed by atoms with E-state index in [2.05, 4.69) is 5.32 Å². The second-order valence-electron chi connectivity index (χ2n) is 8.35. The maximum absolute atomic E-state index is 12.0. The van der Waals surface area contributed by atoms with Gasteiger partial charge >= 0.3 is 6.09 Å². The topological polar surface area (TPSA) is 72.8 Å². The van der Waals surface area contributed by atoms with Gasteiger partial charge in [-0.3, -0.25) is 4.90 Å². The van der Waals surface area contributed by atoms with Crippen molar-refractivity contribution in [2.75, 3.05) is 13.1 Å². The fourth-order valence-electron chi connectivity index (χ4n) is 3.50. The summed E-state index contributed by atoms with van der Waals surface area (Å²) in [5.41, 5.74) is 1.37. The first-order chi connectivity index (χ1) is 14.1. The largest absolute Gasteiger partial charge is 0.465 e. The summed E-state index contributed by atoms with van der Waals surface area (Å²) in [4.78, 5) is 13.4. The number of halogens is 2. The van der Waals surface area contributed by atoms with Crippen LogP contribution in [-0.2, 0) is 12.8 Å². The molecule has 2 atom stereocenters. The molecule has 0 unspecified atom stereocenters. The molecule has 7 heteroatoms. The average Bonchev–Trinajstić information content (AvgIpc) is 2.66. The summed E-state index contributed by atoms with van der Waals surface area (Å²) >= 11 is 12.0. The van der Waals surface area contributed by atoms with Crippen molar-refractivity contribution in [2.24, 2.45) is 0 Å². The molecule has 0 saturated carbocycles. The van der Waals surface area contributed by atoms with E-state index in [0.717, 1.165) is 17.5 Å². The number of benzene rings is 2. The molecule has 0 aliphatic rings. The Labute approximate surface area is 188 Å². The maximum atomic E-state index is 12.0. The van der Waals surface area contributed by atoms with Crippen LogP contribution in [0.25, 0.3) is 0 Å². The third-order valence-electron chi connectivity index (χ3n) is 4.92. The summed E-state index contributed by atoms with van der Waals surface area (Å²) < 4.78 is 0. The van der Waals surface area contributed by atoms with Gasteiger partial charge in [-0.25, -0.2) is 4.79 Å². The highest BCUT2D eigenvalue weighted by Gasteiger charge is 2.37. The molecular weight excluding hydrogens is 423 g/mol. The first kappa shape index (κ1) is 24.5. The van der Waals surface area contributed by atoms with E-state index in [1.165, 1.54) is 4.90 Å². The van der Waals surface area contributed by atoms with Gasteiger partial charge in [-0.1, -0.05) is 59.6 Å².